The van der Waals surface area contributed by atoms with E-state index < -0.39 is 24.3 Å². The highest BCUT2D eigenvalue weighted by Crippen LogP contribution is 2.22. The molecule has 2 atom stereocenters. The van der Waals surface area contributed by atoms with Crippen LogP contribution in [0.25, 0.3) is 0 Å². The Morgan fingerprint density at radius 3 is 2.42 bits per heavy atom. The van der Waals surface area contributed by atoms with Gasteiger partial charge in [0.1, 0.15) is 5.38 Å². The van der Waals surface area contributed by atoms with E-state index in [0.29, 0.717) is 0 Å². The van der Waals surface area contributed by atoms with Gasteiger partial charge in [-0.3, -0.25) is 0 Å². The van der Waals surface area contributed by atoms with Crippen molar-refractivity contribution in [2.45, 2.75) is 24.6 Å². The number of ether oxygens (including phenoxy) is 1. The Morgan fingerprint density at radius 1 is 1.58 bits per heavy atom. The van der Waals surface area contributed by atoms with E-state index in [1.54, 1.807) is 6.07 Å². The molecule has 0 aromatic carbocycles. The van der Waals surface area contributed by atoms with E-state index >= 15 is 0 Å². The SMILES string of the molecule is CC(OCC(Cl)C#N)C(F)(F)F. The molecule has 0 aromatic rings. The molecule has 0 aliphatic carbocycles. The number of nitrogens with zero attached hydrogens (tertiary/aromatic N) is 1. The second-order valence-electron chi connectivity index (χ2n) is 2.11. The first-order valence-electron chi connectivity index (χ1n) is 3.10. The highest BCUT2D eigenvalue weighted by Gasteiger charge is 2.37. The van der Waals surface area contributed by atoms with Crippen LogP contribution in [0.1, 0.15) is 6.92 Å². The highest BCUT2D eigenvalue weighted by atomic mass is 35.5. The van der Waals surface area contributed by atoms with Crippen molar-refractivity contribution >= 4 is 11.6 Å². The molecule has 0 aliphatic heterocycles. The molecule has 0 saturated carbocycles. The molecule has 2 nitrogen and oxygen atoms in total. The molecule has 0 aliphatic rings. The Hall–Kier alpha value is -0.470. The molecule has 0 spiro atoms. The highest BCUT2D eigenvalue weighted by molar-refractivity contribution is 6.22. The van der Waals surface area contributed by atoms with Crippen LogP contribution in [-0.4, -0.2) is 24.3 Å². The molecule has 6 heteroatoms. The molecule has 0 fully saturated rings. The van der Waals surface area contributed by atoms with Gasteiger partial charge in [0.2, 0.25) is 0 Å². The zero-order valence-corrected chi connectivity index (χ0v) is 6.99. The number of hydrogen-bond donors (Lipinski definition) is 0. The summed E-state index contributed by atoms with van der Waals surface area (Å²) < 4.78 is 39.5. The van der Waals surface area contributed by atoms with Gasteiger partial charge >= 0.3 is 6.18 Å². The van der Waals surface area contributed by atoms with Crippen LogP contribution in [-0.2, 0) is 4.74 Å². The van der Waals surface area contributed by atoms with E-state index in [2.05, 4.69) is 4.74 Å². The molecular weight excluding hydrogens is 195 g/mol. The Labute approximate surface area is 72.9 Å². The summed E-state index contributed by atoms with van der Waals surface area (Å²) >= 11 is 5.21. The van der Waals surface area contributed by atoms with Gasteiger partial charge in [0, 0.05) is 0 Å². The summed E-state index contributed by atoms with van der Waals surface area (Å²) in [5.41, 5.74) is 0. The maximum atomic E-state index is 11.8. The van der Waals surface area contributed by atoms with Gasteiger partial charge in [0.05, 0.1) is 12.7 Å². The van der Waals surface area contributed by atoms with Gasteiger partial charge in [-0.2, -0.15) is 18.4 Å². The van der Waals surface area contributed by atoms with Crippen molar-refractivity contribution in [2.75, 3.05) is 6.61 Å². The van der Waals surface area contributed by atoms with E-state index in [1.165, 1.54) is 0 Å². The normalized spacial score (nSPS) is 16.7. The average molecular weight is 202 g/mol. The average Bonchev–Trinajstić information content (AvgIpc) is 1.97. The molecule has 0 radical (unpaired) electrons. The predicted molar refractivity (Wildman–Crippen MR) is 36.7 cm³/mol. The standard InChI is InChI=1S/C6H7ClF3NO/c1-4(6(8,9)10)12-3-5(7)2-11/h4-5H,3H2,1H3. The third kappa shape index (κ3) is 4.42. The van der Waals surface area contributed by atoms with Crippen molar-refractivity contribution in [3.63, 3.8) is 0 Å². The first-order valence-corrected chi connectivity index (χ1v) is 3.53. The molecule has 70 valence electrons. The second kappa shape index (κ2) is 4.53. The minimum atomic E-state index is -4.40. The largest absolute Gasteiger partial charge is 0.414 e. The van der Waals surface area contributed by atoms with Crippen LogP contribution in [0, 0.1) is 11.3 Å². The summed E-state index contributed by atoms with van der Waals surface area (Å²) in [7, 11) is 0. The van der Waals surface area contributed by atoms with Crippen molar-refractivity contribution in [2.24, 2.45) is 0 Å². The molecule has 0 bridgehead atoms. The lowest BCUT2D eigenvalue weighted by Crippen LogP contribution is -2.30. The summed E-state index contributed by atoms with van der Waals surface area (Å²) in [6.45, 7) is 0.444. The van der Waals surface area contributed by atoms with Gasteiger partial charge in [-0.05, 0) is 6.92 Å². The second-order valence-corrected chi connectivity index (χ2v) is 2.64. The molecule has 12 heavy (non-hydrogen) atoms. The number of halogens is 4. The Balaban J connectivity index is 3.74. The van der Waals surface area contributed by atoms with Gasteiger partial charge < -0.3 is 4.74 Å². The fourth-order valence-corrected chi connectivity index (χ4v) is 0.433. The smallest absolute Gasteiger partial charge is 0.366 e. The van der Waals surface area contributed by atoms with Gasteiger partial charge in [0.25, 0.3) is 0 Å². The maximum Gasteiger partial charge on any atom is 0.414 e. The molecule has 0 saturated heterocycles. The van der Waals surface area contributed by atoms with Gasteiger partial charge in [0.15, 0.2) is 6.10 Å². The summed E-state index contributed by atoms with van der Waals surface area (Å²) in [5.74, 6) is 0. The molecule has 0 aromatic heterocycles. The van der Waals surface area contributed by atoms with Crippen molar-refractivity contribution in [1.82, 2.24) is 0 Å². The minimum Gasteiger partial charge on any atom is -0.366 e. The molecule has 0 N–H and O–H groups in total. The molecule has 0 heterocycles. The van der Waals surface area contributed by atoms with Gasteiger partial charge in [-0.15, -0.1) is 11.6 Å². The monoisotopic (exact) mass is 201 g/mol. The number of rotatable bonds is 3. The van der Waals surface area contributed by atoms with Crippen LogP contribution in [0.5, 0.6) is 0 Å². The van der Waals surface area contributed by atoms with E-state index in [-0.39, 0.29) is 0 Å². The first kappa shape index (κ1) is 11.5. The summed E-state index contributed by atoms with van der Waals surface area (Å²) in [4.78, 5) is 0. The van der Waals surface area contributed by atoms with E-state index in [9.17, 15) is 13.2 Å². The van der Waals surface area contributed by atoms with Crippen LogP contribution in [0.15, 0.2) is 0 Å². The summed E-state index contributed by atoms with van der Waals surface area (Å²) in [6.07, 6.45) is -6.28. The van der Waals surface area contributed by atoms with Crippen LogP contribution in [0.4, 0.5) is 13.2 Å². The predicted octanol–water partition coefficient (Wildman–Crippen LogP) is 2.08. The number of hydrogen-bond acceptors (Lipinski definition) is 2. The van der Waals surface area contributed by atoms with Crippen molar-refractivity contribution in [1.29, 1.82) is 5.26 Å². The fourth-order valence-electron chi connectivity index (χ4n) is 0.361. The van der Waals surface area contributed by atoms with Crippen LogP contribution < -0.4 is 0 Å². The Kier molecular flexibility index (Phi) is 4.35. The third-order valence-corrected chi connectivity index (χ3v) is 1.32. The van der Waals surface area contributed by atoms with Crippen LogP contribution in [0.2, 0.25) is 0 Å². The number of nitriles is 1. The van der Waals surface area contributed by atoms with Crippen LogP contribution >= 0.6 is 11.6 Å². The van der Waals surface area contributed by atoms with E-state index in [1.807, 2.05) is 0 Å². The molecule has 0 amide bonds. The van der Waals surface area contributed by atoms with Crippen molar-refractivity contribution in [3.8, 4) is 6.07 Å². The van der Waals surface area contributed by atoms with Crippen molar-refractivity contribution in [3.05, 3.63) is 0 Å². The Bertz CT molecular complexity index is 177. The zero-order valence-electron chi connectivity index (χ0n) is 6.23. The van der Waals surface area contributed by atoms with Crippen molar-refractivity contribution < 1.29 is 17.9 Å². The lowest BCUT2D eigenvalue weighted by atomic mass is 10.4. The number of alkyl halides is 4. The topological polar surface area (TPSA) is 33.0 Å². The first-order chi connectivity index (χ1) is 5.38. The van der Waals surface area contributed by atoms with E-state index in [4.69, 9.17) is 16.9 Å². The maximum absolute atomic E-state index is 11.8. The summed E-state index contributed by atoms with van der Waals surface area (Å²) in [6, 6.07) is 1.54. The molecule has 0 rings (SSSR count). The zero-order chi connectivity index (χ0) is 9.78. The summed E-state index contributed by atoms with van der Waals surface area (Å²) in [5, 5.41) is 7.07. The quantitative estimate of drug-likeness (QED) is 0.655. The van der Waals surface area contributed by atoms with Crippen LogP contribution in [0.3, 0.4) is 0 Å². The molecule has 2 unspecified atom stereocenters. The molecular formula is C6H7ClF3NO. The Morgan fingerprint density at radius 2 is 2.08 bits per heavy atom. The third-order valence-electron chi connectivity index (χ3n) is 1.09. The minimum absolute atomic E-state index is 0.418. The lowest BCUT2D eigenvalue weighted by Gasteiger charge is -2.16. The van der Waals surface area contributed by atoms with Gasteiger partial charge in [-0.1, -0.05) is 0 Å². The fraction of sp³-hybridized carbons (Fsp3) is 0.833. The lowest BCUT2D eigenvalue weighted by molar-refractivity contribution is -0.213. The van der Waals surface area contributed by atoms with E-state index in [0.717, 1.165) is 6.92 Å². The van der Waals surface area contributed by atoms with Gasteiger partial charge in [-0.25, -0.2) is 0 Å².